The average Bonchev–Trinajstić information content (AvgIpc) is 3.42. The number of pyridine rings is 1. The van der Waals surface area contributed by atoms with Crippen LogP contribution in [-0.4, -0.2) is 37.3 Å². The number of hydrogen-bond acceptors (Lipinski definition) is 6. The third-order valence-electron chi connectivity index (χ3n) is 5.66. The summed E-state index contributed by atoms with van der Waals surface area (Å²) < 4.78 is 15.4. The molecular formula is C27H28N6O2. The van der Waals surface area contributed by atoms with E-state index in [1.807, 2.05) is 87.1 Å². The minimum absolute atomic E-state index is 0.107. The summed E-state index contributed by atoms with van der Waals surface area (Å²) in [6.07, 6.45) is 3.79. The Morgan fingerprint density at radius 1 is 1.00 bits per heavy atom. The van der Waals surface area contributed by atoms with E-state index in [1.165, 1.54) is 0 Å². The van der Waals surface area contributed by atoms with Crippen LogP contribution < -0.4 is 14.8 Å². The number of fused-ring (bicyclic) bond motifs is 1. The lowest BCUT2D eigenvalue weighted by atomic mass is 10.2. The van der Waals surface area contributed by atoms with Crippen molar-refractivity contribution in [3.05, 3.63) is 72.8 Å². The first-order chi connectivity index (χ1) is 16.9. The van der Waals surface area contributed by atoms with Crippen LogP contribution in [0.25, 0.3) is 28.1 Å². The van der Waals surface area contributed by atoms with E-state index in [4.69, 9.17) is 14.5 Å². The van der Waals surface area contributed by atoms with Crippen molar-refractivity contribution in [2.45, 2.75) is 26.9 Å². The molecule has 1 N–H and O–H groups in total. The number of para-hydroxylation sites is 1. The van der Waals surface area contributed by atoms with Crippen molar-refractivity contribution in [3.63, 3.8) is 0 Å². The molecule has 178 valence electrons. The molecule has 3 heterocycles. The molecule has 0 fully saturated rings. The van der Waals surface area contributed by atoms with Crippen molar-refractivity contribution in [1.82, 2.24) is 24.1 Å². The van der Waals surface area contributed by atoms with Crippen LogP contribution in [0.15, 0.2) is 67.1 Å². The van der Waals surface area contributed by atoms with Gasteiger partial charge in [-0.05, 0) is 57.2 Å². The van der Waals surface area contributed by atoms with Gasteiger partial charge in [0, 0.05) is 18.8 Å². The van der Waals surface area contributed by atoms with Gasteiger partial charge in [0.05, 0.1) is 36.4 Å². The third kappa shape index (κ3) is 4.42. The fourth-order valence-corrected chi connectivity index (χ4v) is 4.09. The molecule has 0 spiro atoms. The number of nitrogens with zero attached hydrogens (tertiary/aromatic N) is 5. The standard InChI is InChI=1S/C27H28N6O2/c1-17(2)35-20-9-6-8-19(14-20)26-31-25-21(10-7-11-22(25)32(26)4)29-24-13-12-23(27(30-24)34-5)33-15-18(3)28-16-33/h6-17H,1-5H3,(H,29,30). The second-order valence-electron chi connectivity index (χ2n) is 8.63. The number of hydrogen-bond donors (Lipinski definition) is 1. The molecule has 0 radical (unpaired) electrons. The molecule has 8 heteroatoms. The van der Waals surface area contributed by atoms with E-state index in [2.05, 4.69) is 25.9 Å². The van der Waals surface area contributed by atoms with Gasteiger partial charge in [0.15, 0.2) is 0 Å². The Morgan fingerprint density at radius 2 is 1.83 bits per heavy atom. The summed E-state index contributed by atoms with van der Waals surface area (Å²) in [5, 5.41) is 3.42. The molecule has 0 aliphatic heterocycles. The molecule has 0 saturated heterocycles. The number of rotatable bonds is 7. The molecule has 0 saturated carbocycles. The summed E-state index contributed by atoms with van der Waals surface area (Å²) in [5.74, 6) is 2.85. The largest absolute Gasteiger partial charge is 0.491 e. The molecule has 2 aromatic carbocycles. The molecular weight excluding hydrogens is 440 g/mol. The quantitative estimate of drug-likeness (QED) is 0.332. The first-order valence-electron chi connectivity index (χ1n) is 11.5. The number of benzene rings is 2. The van der Waals surface area contributed by atoms with Crippen LogP contribution in [0.1, 0.15) is 19.5 Å². The summed E-state index contributed by atoms with van der Waals surface area (Å²) in [5.41, 5.74) is 5.47. The van der Waals surface area contributed by atoms with Crippen molar-refractivity contribution < 1.29 is 9.47 Å². The van der Waals surface area contributed by atoms with E-state index in [0.29, 0.717) is 11.7 Å². The first-order valence-corrected chi connectivity index (χ1v) is 11.5. The number of methoxy groups -OCH3 is 1. The van der Waals surface area contributed by atoms with E-state index in [-0.39, 0.29) is 6.10 Å². The molecule has 5 rings (SSSR count). The molecule has 3 aromatic heterocycles. The van der Waals surface area contributed by atoms with Gasteiger partial charge >= 0.3 is 0 Å². The van der Waals surface area contributed by atoms with Gasteiger partial charge in [-0.25, -0.2) is 9.97 Å². The molecule has 0 bridgehead atoms. The highest BCUT2D eigenvalue weighted by molar-refractivity contribution is 5.92. The summed E-state index contributed by atoms with van der Waals surface area (Å²) in [7, 11) is 3.63. The van der Waals surface area contributed by atoms with E-state index in [9.17, 15) is 0 Å². The lowest BCUT2D eigenvalue weighted by molar-refractivity contribution is 0.242. The second kappa shape index (κ2) is 9.13. The van der Waals surface area contributed by atoms with Crippen LogP contribution in [0.3, 0.4) is 0 Å². The predicted molar refractivity (Wildman–Crippen MR) is 138 cm³/mol. The van der Waals surface area contributed by atoms with Gasteiger partial charge in [-0.3, -0.25) is 0 Å². The Kier molecular flexibility index (Phi) is 5.86. The number of aromatic nitrogens is 5. The highest BCUT2D eigenvalue weighted by Crippen LogP contribution is 2.32. The zero-order valence-corrected chi connectivity index (χ0v) is 20.5. The molecule has 8 nitrogen and oxygen atoms in total. The lowest BCUT2D eigenvalue weighted by Crippen LogP contribution is -2.05. The average molecular weight is 469 g/mol. The van der Waals surface area contributed by atoms with Crippen LogP contribution >= 0.6 is 0 Å². The fourth-order valence-electron chi connectivity index (χ4n) is 4.09. The second-order valence-corrected chi connectivity index (χ2v) is 8.63. The Labute approximate surface area is 204 Å². The lowest BCUT2D eigenvalue weighted by Gasteiger charge is -2.11. The highest BCUT2D eigenvalue weighted by Gasteiger charge is 2.15. The number of imidazole rings is 2. The summed E-state index contributed by atoms with van der Waals surface area (Å²) in [6, 6.07) is 18.0. The van der Waals surface area contributed by atoms with E-state index >= 15 is 0 Å². The Balaban J connectivity index is 1.50. The van der Waals surface area contributed by atoms with E-state index in [1.54, 1.807) is 13.4 Å². The number of nitrogens with one attached hydrogen (secondary N) is 1. The van der Waals surface area contributed by atoms with E-state index in [0.717, 1.165) is 45.2 Å². The maximum Gasteiger partial charge on any atom is 0.240 e. The van der Waals surface area contributed by atoms with Crippen LogP contribution in [0.5, 0.6) is 11.6 Å². The maximum absolute atomic E-state index is 5.88. The van der Waals surface area contributed by atoms with Crippen molar-refractivity contribution in [1.29, 1.82) is 0 Å². The smallest absolute Gasteiger partial charge is 0.240 e. The number of aryl methyl sites for hydroxylation is 2. The van der Waals surface area contributed by atoms with Crippen molar-refractivity contribution in [3.8, 4) is 28.7 Å². The van der Waals surface area contributed by atoms with Crippen LogP contribution in [0.4, 0.5) is 11.5 Å². The SMILES string of the molecule is COc1nc(Nc2cccc3c2nc(-c2cccc(OC(C)C)c2)n3C)ccc1-n1cnc(C)c1. The molecule has 0 unspecified atom stereocenters. The van der Waals surface area contributed by atoms with Gasteiger partial charge in [0.2, 0.25) is 5.88 Å². The van der Waals surface area contributed by atoms with Gasteiger partial charge in [-0.2, -0.15) is 4.98 Å². The molecule has 0 aliphatic rings. The van der Waals surface area contributed by atoms with E-state index < -0.39 is 0 Å². The zero-order chi connectivity index (χ0) is 24.5. The molecule has 0 atom stereocenters. The minimum Gasteiger partial charge on any atom is -0.491 e. The van der Waals surface area contributed by atoms with Gasteiger partial charge in [0.1, 0.15) is 28.6 Å². The number of ether oxygens (including phenoxy) is 2. The number of anilines is 2. The topological polar surface area (TPSA) is 79.0 Å². The molecule has 35 heavy (non-hydrogen) atoms. The Hall–Kier alpha value is -4.33. The van der Waals surface area contributed by atoms with Crippen LogP contribution in [0.2, 0.25) is 0 Å². The predicted octanol–water partition coefficient (Wildman–Crippen LogP) is 5.67. The third-order valence-corrected chi connectivity index (χ3v) is 5.66. The molecule has 5 aromatic rings. The Morgan fingerprint density at radius 3 is 2.57 bits per heavy atom. The van der Waals surface area contributed by atoms with Gasteiger partial charge in [0.25, 0.3) is 0 Å². The highest BCUT2D eigenvalue weighted by atomic mass is 16.5. The zero-order valence-electron chi connectivity index (χ0n) is 20.5. The fraction of sp³-hybridized carbons (Fsp3) is 0.222. The van der Waals surface area contributed by atoms with Crippen LogP contribution in [0, 0.1) is 6.92 Å². The Bertz CT molecular complexity index is 1500. The normalized spacial score (nSPS) is 11.3. The summed E-state index contributed by atoms with van der Waals surface area (Å²) >= 11 is 0. The van der Waals surface area contributed by atoms with Crippen molar-refractivity contribution >= 4 is 22.5 Å². The van der Waals surface area contributed by atoms with Crippen molar-refractivity contribution in [2.75, 3.05) is 12.4 Å². The molecule has 0 amide bonds. The van der Waals surface area contributed by atoms with Gasteiger partial charge < -0.3 is 23.9 Å². The monoisotopic (exact) mass is 468 g/mol. The first kappa shape index (κ1) is 22.5. The van der Waals surface area contributed by atoms with Gasteiger partial charge in [-0.15, -0.1) is 0 Å². The van der Waals surface area contributed by atoms with Crippen LogP contribution in [-0.2, 0) is 7.05 Å². The minimum atomic E-state index is 0.107. The van der Waals surface area contributed by atoms with Crippen molar-refractivity contribution in [2.24, 2.45) is 7.05 Å². The molecule has 0 aliphatic carbocycles. The maximum atomic E-state index is 5.88. The summed E-state index contributed by atoms with van der Waals surface area (Å²) in [4.78, 5) is 13.9. The van der Waals surface area contributed by atoms with Gasteiger partial charge in [-0.1, -0.05) is 18.2 Å². The summed E-state index contributed by atoms with van der Waals surface area (Å²) in [6.45, 7) is 5.99.